The smallest absolute Gasteiger partial charge is 0.165 e. The molecule has 2 rings (SSSR count). The molecule has 0 saturated heterocycles. The van der Waals surface area contributed by atoms with Crippen LogP contribution in [0.15, 0.2) is 41.8 Å². The van der Waals surface area contributed by atoms with Crippen molar-refractivity contribution in [3.8, 4) is 0 Å². The molecule has 0 aliphatic carbocycles. The summed E-state index contributed by atoms with van der Waals surface area (Å²) in [5, 5.41) is 4.53. The average Bonchev–Trinajstić information content (AvgIpc) is 2.97. The van der Waals surface area contributed by atoms with Crippen molar-refractivity contribution in [3.05, 3.63) is 47.8 Å². The molecule has 4 heteroatoms. The van der Waals surface area contributed by atoms with Crippen LogP contribution in [-0.4, -0.2) is 22.3 Å². The van der Waals surface area contributed by atoms with Crippen LogP contribution < -0.4 is 5.32 Å². The first kappa shape index (κ1) is 15.1. The number of hydrogen-bond donors (Lipinski definition) is 2. The van der Waals surface area contributed by atoms with Crippen molar-refractivity contribution in [1.82, 2.24) is 15.3 Å². The van der Waals surface area contributed by atoms with Crippen LogP contribution in [0.3, 0.4) is 0 Å². The number of thioether (sulfide) groups is 1. The predicted molar refractivity (Wildman–Crippen MR) is 86.3 cm³/mol. The van der Waals surface area contributed by atoms with Crippen LogP contribution in [-0.2, 0) is 0 Å². The van der Waals surface area contributed by atoms with Gasteiger partial charge in [0.05, 0.1) is 0 Å². The Balaban J connectivity index is 2.03. The van der Waals surface area contributed by atoms with Crippen LogP contribution in [0.1, 0.15) is 43.9 Å². The average molecular weight is 289 g/mol. The number of aromatic nitrogens is 2. The van der Waals surface area contributed by atoms with E-state index >= 15 is 0 Å². The van der Waals surface area contributed by atoms with Gasteiger partial charge in [0.2, 0.25) is 0 Å². The highest BCUT2D eigenvalue weighted by atomic mass is 32.2. The largest absolute Gasteiger partial charge is 0.340 e. The van der Waals surface area contributed by atoms with Gasteiger partial charge in [0, 0.05) is 24.2 Å². The van der Waals surface area contributed by atoms with Crippen LogP contribution in [0.4, 0.5) is 0 Å². The first-order valence-electron chi connectivity index (χ1n) is 7.16. The van der Waals surface area contributed by atoms with Crippen molar-refractivity contribution in [3.63, 3.8) is 0 Å². The molecule has 0 fully saturated rings. The zero-order valence-corrected chi connectivity index (χ0v) is 13.2. The summed E-state index contributed by atoms with van der Waals surface area (Å²) >= 11 is 1.75. The number of rotatable bonds is 7. The van der Waals surface area contributed by atoms with Crippen LogP contribution in [0.5, 0.6) is 0 Å². The molecule has 0 aliphatic heterocycles. The van der Waals surface area contributed by atoms with Gasteiger partial charge in [-0.3, -0.25) is 0 Å². The second kappa shape index (κ2) is 7.50. The van der Waals surface area contributed by atoms with Gasteiger partial charge in [-0.15, -0.1) is 0 Å². The maximum absolute atomic E-state index is 4.26. The van der Waals surface area contributed by atoms with Crippen LogP contribution in [0.2, 0.25) is 0 Å². The molecule has 1 aromatic heterocycles. The zero-order chi connectivity index (χ0) is 14.4. The molecule has 1 unspecified atom stereocenters. The van der Waals surface area contributed by atoms with Gasteiger partial charge in [-0.2, -0.15) is 0 Å². The van der Waals surface area contributed by atoms with Crippen molar-refractivity contribution in [1.29, 1.82) is 0 Å². The Morgan fingerprint density at radius 3 is 2.45 bits per heavy atom. The molecule has 1 atom stereocenters. The highest BCUT2D eigenvalue weighted by Crippen LogP contribution is 2.24. The second-order valence-electron chi connectivity index (χ2n) is 5.14. The second-order valence-corrected chi connectivity index (χ2v) is 6.15. The molecule has 20 heavy (non-hydrogen) atoms. The third-order valence-corrected chi connectivity index (χ3v) is 4.31. The molecular weight excluding hydrogens is 266 g/mol. The van der Waals surface area contributed by atoms with Gasteiger partial charge in [0.1, 0.15) is 0 Å². The minimum absolute atomic E-state index is 0.358. The molecule has 0 bridgehead atoms. The maximum Gasteiger partial charge on any atom is 0.165 e. The fourth-order valence-electron chi connectivity index (χ4n) is 2.12. The number of aromatic amines is 1. The maximum atomic E-state index is 4.26. The molecule has 108 valence electrons. The van der Waals surface area contributed by atoms with E-state index in [1.165, 1.54) is 11.1 Å². The lowest BCUT2D eigenvalue weighted by Gasteiger charge is -2.18. The number of nitrogens with zero attached hydrogens (tertiary/aromatic N) is 1. The summed E-state index contributed by atoms with van der Waals surface area (Å²) in [7, 11) is 0. The molecule has 2 aromatic rings. The summed E-state index contributed by atoms with van der Waals surface area (Å²) in [6.07, 6.45) is 3.66. The van der Waals surface area contributed by atoms with E-state index in [0.29, 0.717) is 12.0 Å². The van der Waals surface area contributed by atoms with Gasteiger partial charge in [-0.25, -0.2) is 4.98 Å². The Morgan fingerprint density at radius 2 is 1.90 bits per heavy atom. The van der Waals surface area contributed by atoms with E-state index < -0.39 is 0 Å². The topological polar surface area (TPSA) is 40.7 Å². The summed E-state index contributed by atoms with van der Waals surface area (Å²) in [6.45, 7) is 7.56. The van der Waals surface area contributed by atoms with Crippen molar-refractivity contribution >= 4 is 11.8 Å². The van der Waals surface area contributed by atoms with Crippen LogP contribution in [0, 0.1) is 0 Å². The standard InChI is InChI=1S/C16H23N3S/c1-4-17-15(11-20-16-18-9-10-19-16)14-7-5-13(6-8-14)12(2)3/h5-10,12,15,17H,4,11H2,1-3H3,(H,18,19). The summed E-state index contributed by atoms with van der Waals surface area (Å²) in [5.74, 6) is 1.56. The highest BCUT2D eigenvalue weighted by Gasteiger charge is 2.12. The Hall–Kier alpha value is -1.26. The molecule has 1 heterocycles. The molecule has 0 aliphatic rings. The molecule has 2 N–H and O–H groups in total. The summed E-state index contributed by atoms with van der Waals surface area (Å²) in [6, 6.07) is 9.32. The minimum atomic E-state index is 0.358. The van der Waals surface area contributed by atoms with Crippen molar-refractivity contribution in [2.75, 3.05) is 12.3 Å². The summed E-state index contributed by atoms with van der Waals surface area (Å²) in [5.41, 5.74) is 2.73. The van der Waals surface area contributed by atoms with Crippen molar-refractivity contribution < 1.29 is 0 Å². The third kappa shape index (κ3) is 4.12. The molecule has 0 amide bonds. The van der Waals surface area contributed by atoms with Crippen molar-refractivity contribution in [2.45, 2.75) is 37.9 Å². The first-order valence-corrected chi connectivity index (χ1v) is 8.14. The Bertz CT molecular complexity index is 491. The molecule has 0 radical (unpaired) electrons. The van der Waals surface area contributed by atoms with E-state index in [1.54, 1.807) is 18.0 Å². The number of H-pyrrole nitrogens is 1. The Kier molecular flexibility index (Phi) is 5.68. The Morgan fingerprint density at radius 1 is 1.20 bits per heavy atom. The Labute approximate surface area is 125 Å². The molecule has 3 nitrogen and oxygen atoms in total. The number of nitrogens with one attached hydrogen (secondary N) is 2. The zero-order valence-electron chi connectivity index (χ0n) is 12.4. The monoisotopic (exact) mass is 289 g/mol. The van der Waals surface area contributed by atoms with Crippen LogP contribution >= 0.6 is 11.8 Å². The van der Waals surface area contributed by atoms with E-state index in [-0.39, 0.29) is 0 Å². The fraction of sp³-hybridized carbons (Fsp3) is 0.438. The van der Waals surface area contributed by atoms with E-state index in [0.717, 1.165) is 17.5 Å². The van der Waals surface area contributed by atoms with Gasteiger partial charge < -0.3 is 10.3 Å². The van der Waals surface area contributed by atoms with Gasteiger partial charge in [0.25, 0.3) is 0 Å². The lowest BCUT2D eigenvalue weighted by atomic mass is 9.99. The quantitative estimate of drug-likeness (QED) is 0.758. The molecule has 1 aromatic carbocycles. The van der Waals surface area contributed by atoms with E-state index in [1.807, 2.05) is 6.20 Å². The lowest BCUT2D eigenvalue weighted by Crippen LogP contribution is -2.23. The molecular formula is C16H23N3S. The van der Waals surface area contributed by atoms with Crippen molar-refractivity contribution in [2.24, 2.45) is 0 Å². The van der Waals surface area contributed by atoms with E-state index in [9.17, 15) is 0 Å². The minimum Gasteiger partial charge on any atom is -0.340 e. The van der Waals surface area contributed by atoms with Gasteiger partial charge in [-0.1, -0.05) is 56.8 Å². The SMILES string of the molecule is CCNC(CSc1ncc[nH]1)c1ccc(C(C)C)cc1. The van der Waals surface area contributed by atoms with Gasteiger partial charge in [-0.05, 0) is 23.6 Å². The lowest BCUT2D eigenvalue weighted by molar-refractivity contribution is 0.605. The molecule has 0 spiro atoms. The number of hydrogen-bond acceptors (Lipinski definition) is 3. The number of imidazole rings is 1. The highest BCUT2D eigenvalue weighted by molar-refractivity contribution is 7.99. The van der Waals surface area contributed by atoms with Crippen LogP contribution in [0.25, 0.3) is 0 Å². The van der Waals surface area contributed by atoms with Gasteiger partial charge in [0.15, 0.2) is 5.16 Å². The fourth-order valence-corrected chi connectivity index (χ4v) is 3.05. The first-order chi connectivity index (χ1) is 9.70. The van der Waals surface area contributed by atoms with E-state index in [4.69, 9.17) is 0 Å². The van der Waals surface area contributed by atoms with E-state index in [2.05, 4.69) is 60.3 Å². The summed E-state index contributed by atoms with van der Waals surface area (Å²) < 4.78 is 0. The third-order valence-electron chi connectivity index (χ3n) is 3.32. The normalized spacial score (nSPS) is 12.8. The van der Waals surface area contributed by atoms with Gasteiger partial charge >= 0.3 is 0 Å². The molecule has 0 saturated carbocycles. The number of benzene rings is 1. The summed E-state index contributed by atoms with van der Waals surface area (Å²) in [4.78, 5) is 7.39. The predicted octanol–water partition coefficient (Wildman–Crippen LogP) is 3.98.